The van der Waals surface area contributed by atoms with Crippen LogP contribution in [0.5, 0.6) is 0 Å². The van der Waals surface area contributed by atoms with Crippen LogP contribution in [-0.2, 0) is 19.1 Å². The fourth-order valence-corrected chi connectivity index (χ4v) is 2.13. The third-order valence-corrected chi connectivity index (χ3v) is 3.21. The van der Waals surface area contributed by atoms with Crippen molar-refractivity contribution >= 4 is 11.9 Å². The third-order valence-electron chi connectivity index (χ3n) is 3.21. The molecule has 0 saturated heterocycles. The minimum absolute atomic E-state index is 0.0204. The summed E-state index contributed by atoms with van der Waals surface area (Å²) in [5.74, 6) is -0.923. The smallest absolute Gasteiger partial charge is 0.333 e. The monoisotopic (exact) mass is 251 g/mol. The fraction of sp³-hybridized carbons (Fsp3) is 0.615. The van der Waals surface area contributed by atoms with Crippen molar-refractivity contribution in [3.05, 3.63) is 12.2 Å². The number of ether oxygens (including phenoxy) is 2. The maximum atomic E-state index is 11.6. The van der Waals surface area contributed by atoms with Crippen molar-refractivity contribution < 1.29 is 19.1 Å². The number of hydrogen-bond donors (Lipinski definition) is 0. The van der Waals surface area contributed by atoms with Gasteiger partial charge >= 0.3 is 11.9 Å². The average molecular weight is 251 g/mol. The zero-order valence-corrected chi connectivity index (χ0v) is 10.7. The van der Waals surface area contributed by atoms with Crippen LogP contribution in [0.3, 0.4) is 0 Å². The highest BCUT2D eigenvalue weighted by atomic mass is 16.5. The molecule has 0 aromatic carbocycles. The Morgan fingerprint density at radius 2 is 2.22 bits per heavy atom. The standard InChI is InChI=1S/C13H17NO4/c1-9(2)11(15)18-7-10-4-5-13(6-10,8-14)12(16)17-3/h10H,1,4-7H2,2-3H3. The van der Waals surface area contributed by atoms with Gasteiger partial charge in [0.25, 0.3) is 0 Å². The van der Waals surface area contributed by atoms with Gasteiger partial charge in [0.1, 0.15) is 0 Å². The highest BCUT2D eigenvalue weighted by molar-refractivity contribution is 5.86. The zero-order valence-electron chi connectivity index (χ0n) is 10.7. The average Bonchev–Trinajstić information content (AvgIpc) is 2.79. The molecule has 0 bridgehead atoms. The number of carbonyl (C=O) groups is 2. The van der Waals surface area contributed by atoms with E-state index >= 15 is 0 Å². The second kappa shape index (κ2) is 5.67. The topological polar surface area (TPSA) is 76.4 Å². The summed E-state index contributed by atoms with van der Waals surface area (Å²) in [4.78, 5) is 22.8. The van der Waals surface area contributed by atoms with Crippen molar-refractivity contribution in [3.8, 4) is 6.07 Å². The Morgan fingerprint density at radius 3 is 2.72 bits per heavy atom. The van der Waals surface area contributed by atoms with Crippen molar-refractivity contribution in [1.82, 2.24) is 0 Å². The molecule has 0 N–H and O–H groups in total. The zero-order chi connectivity index (χ0) is 13.8. The van der Waals surface area contributed by atoms with E-state index < -0.39 is 17.4 Å². The van der Waals surface area contributed by atoms with Gasteiger partial charge in [-0.2, -0.15) is 5.26 Å². The van der Waals surface area contributed by atoms with Crippen molar-refractivity contribution in [1.29, 1.82) is 5.26 Å². The van der Waals surface area contributed by atoms with Crippen LogP contribution in [0.15, 0.2) is 12.2 Å². The van der Waals surface area contributed by atoms with E-state index in [-0.39, 0.29) is 12.5 Å². The van der Waals surface area contributed by atoms with E-state index in [0.29, 0.717) is 24.8 Å². The van der Waals surface area contributed by atoms with Crippen molar-refractivity contribution in [2.45, 2.75) is 26.2 Å². The molecule has 0 amide bonds. The van der Waals surface area contributed by atoms with Gasteiger partial charge in [0.2, 0.25) is 0 Å². The lowest BCUT2D eigenvalue weighted by Crippen LogP contribution is -2.28. The van der Waals surface area contributed by atoms with E-state index in [0.717, 1.165) is 0 Å². The quantitative estimate of drug-likeness (QED) is 0.560. The van der Waals surface area contributed by atoms with Gasteiger partial charge in [0.15, 0.2) is 5.41 Å². The molecule has 2 unspecified atom stereocenters. The lowest BCUT2D eigenvalue weighted by atomic mass is 9.87. The van der Waals surface area contributed by atoms with Crippen molar-refractivity contribution in [3.63, 3.8) is 0 Å². The minimum Gasteiger partial charge on any atom is -0.468 e. The summed E-state index contributed by atoms with van der Waals surface area (Å²) in [6.07, 6.45) is 1.50. The first-order valence-corrected chi connectivity index (χ1v) is 5.77. The maximum absolute atomic E-state index is 11.6. The highest BCUT2D eigenvalue weighted by Gasteiger charge is 2.47. The van der Waals surface area contributed by atoms with E-state index in [4.69, 9.17) is 10.00 Å². The summed E-state index contributed by atoms with van der Waals surface area (Å²) in [6.45, 7) is 5.27. The predicted molar refractivity (Wildman–Crippen MR) is 63.2 cm³/mol. The van der Waals surface area contributed by atoms with Gasteiger partial charge in [0, 0.05) is 5.57 Å². The SMILES string of the molecule is C=C(C)C(=O)OCC1CCC(C#N)(C(=O)OC)C1. The molecule has 1 aliphatic rings. The molecule has 1 saturated carbocycles. The molecule has 0 aromatic heterocycles. The van der Waals surface area contributed by atoms with E-state index in [9.17, 15) is 9.59 Å². The molecule has 0 radical (unpaired) electrons. The molecule has 5 nitrogen and oxygen atoms in total. The summed E-state index contributed by atoms with van der Waals surface area (Å²) < 4.78 is 9.70. The molecule has 1 aliphatic carbocycles. The molecule has 98 valence electrons. The van der Waals surface area contributed by atoms with Crippen LogP contribution in [-0.4, -0.2) is 25.7 Å². The van der Waals surface area contributed by atoms with Crippen LogP contribution >= 0.6 is 0 Å². The molecule has 18 heavy (non-hydrogen) atoms. The first kappa shape index (κ1) is 14.2. The van der Waals surface area contributed by atoms with Gasteiger partial charge in [0.05, 0.1) is 19.8 Å². The summed E-state index contributed by atoms with van der Waals surface area (Å²) in [5, 5.41) is 9.13. The van der Waals surface area contributed by atoms with Gasteiger partial charge in [-0.05, 0) is 32.1 Å². The Balaban J connectivity index is 2.56. The molecule has 0 aliphatic heterocycles. The molecule has 2 atom stereocenters. The Labute approximate surface area is 106 Å². The van der Waals surface area contributed by atoms with Crippen LogP contribution in [0.1, 0.15) is 26.2 Å². The Morgan fingerprint density at radius 1 is 1.56 bits per heavy atom. The van der Waals surface area contributed by atoms with Crippen molar-refractivity contribution in [2.24, 2.45) is 11.3 Å². The molecule has 1 rings (SSSR count). The molecule has 0 heterocycles. The first-order valence-electron chi connectivity index (χ1n) is 5.77. The molecular formula is C13H17NO4. The van der Waals surface area contributed by atoms with Gasteiger partial charge in [-0.1, -0.05) is 6.58 Å². The molecule has 0 spiro atoms. The van der Waals surface area contributed by atoms with Gasteiger partial charge in [-0.25, -0.2) is 4.79 Å². The number of esters is 2. The molecule has 1 fully saturated rings. The van der Waals surface area contributed by atoms with Crippen LogP contribution in [0, 0.1) is 22.7 Å². The maximum Gasteiger partial charge on any atom is 0.333 e. The molecular weight excluding hydrogens is 234 g/mol. The summed E-state index contributed by atoms with van der Waals surface area (Å²) in [5.41, 5.74) is -0.734. The summed E-state index contributed by atoms with van der Waals surface area (Å²) in [6, 6.07) is 2.04. The van der Waals surface area contributed by atoms with Crippen LogP contribution < -0.4 is 0 Å². The highest BCUT2D eigenvalue weighted by Crippen LogP contribution is 2.42. The number of rotatable bonds is 4. The number of methoxy groups -OCH3 is 1. The van der Waals surface area contributed by atoms with E-state index in [1.165, 1.54) is 7.11 Å². The first-order chi connectivity index (χ1) is 8.45. The fourth-order valence-electron chi connectivity index (χ4n) is 2.13. The van der Waals surface area contributed by atoms with E-state index in [1.54, 1.807) is 6.92 Å². The predicted octanol–water partition coefficient (Wildman–Crippen LogP) is 1.59. The Bertz CT molecular complexity index is 410. The second-order valence-corrected chi connectivity index (χ2v) is 4.67. The number of nitrogens with zero attached hydrogens (tertiary/aromatic N) is 1. The largest absolute Gasteiger partial charge is 0.468 e. The summed E-state index contributed by atoms with van der Waals surface area (Å²) >= 11 is 0. The van der Waals surface area contributed by atoms with E-state index in [2.05, 4.69) is 11.3 Å². The normalized spacial score (nSPS) is 26.2. The van der Waals surface area contributed by atoms with Crippen LogP contribution in [0.4, 0.5) is 0 Å². The summed E-state index contributed by atoms with van der Waals surface area (Å²) in [7, 11) is 1.27. The van der Waals surface area contributed by atoms with Gasteiger partial charge < -0.3 is 9.47 Å². The van der Waals surface area contributed by atoms with Crippen molar-refractivity contribution in [2.75, 3.05) is 13.7 Å². The lowest BCUT2D eigenvalue weighted by molar-refractivity contribution is -0.149. The van der Waals surface area contributed by atoms with Gasteiger partial charge in [-0.15, -0.1) is 0 Å². The van der Waals surface area contributed by atoms with E-state index in [1.807, 2.05) is 6.07 Å². The Hall–Kier alpha value is -1.83. The number of hydrogen-bond acceptors (Lipinski definition) is 5. The van der Waals surface area contributed by atoms with Crippen LogP contribution in [0.2, 0.25) is 0 Å². The molecule has 0 aromatic rings. The van der Waals surface area contributed by atoms with Gasteiger partial charge in [-0.3, -0.25) is 4.79 Å². The number of nitriles is 1. The third kappa shape index (κ3) is 2.89. The second-order valence-electron chi connectivity index (χ2n) is 4.67. The molecule has 5 heteroatoms. The lowest BCUT2D eigenvalue weighted by Gasteiger charge is -2.17. The number of carbonyl (C=O) groups excluding carboxylic acids is 2. The minimum atomic E-state index is -1.07. The van der Waals surface area contributed by atoms with Crippen LogP contribution in [0.25, 0.3) is 0 Å². The Kier molecular flexibility index (Phi) is 4.49.